The highest BCUT2D eigenvalue weighted by Crippen LogP contribution is 2.31. The van der Waals surface area contributed by atoms with E-state index in [-0.39, 0.29) is 17.4 Å². The van der Waals surface area contributed by atoms with E-state index < -0.39 is 0 Å². The van der Waals surface area contributed by atoms with Gasteiger partial charge in [0.2, 0.25) is 5.91 Å². The summed E-state index contributed by atoms with van der Waals surface area (Å²) in [4.78, 5) is 27.2. The first-order chi connectivity index (χ1) is 12.2. The number of carbonyl (C=O) groups is 1. The molecular formula is C19H32N4O2. The van der Waals surface area contributed by atoms with Crippen LogP contribution in [0.4, 0.5) is 0 Å². The van der Waals surface area contributed by atoms with Crippen molar-refractivity contribution >= 4 is 5.91 Å². The SMILES string of the molecule is CCCCC(CC)C(=O)NCCCc1nnc(C2CCCC2)[nH]c1=O. The van der Waals surface area contributed by atoms with Crippen molar-refractivity contribution in [2.24, 2.45) is 5.92 Å². The second-order valence-electron chi connectivity index (χ2n) is 7.11. The highest BCUT2D eigenvalue weighted by molar-refractivity contribution is 5.78. The number of carbonyl (C=O) groups excluding carboxylic acids is 1. The third-order valence-electron chi connectivity index (χ3n) is 5.18. The lowest BCUT2D eigenvalue weighted by Gasteiger charge is -2.14. The Morgan fingerprint density at radius 1 is 1.24 bits per heavy atom. The molecule has 6 nitrogen and oxygen atoms in total. The van der Waals surface area contributed by atoms with E-state index in [2.05, 4.69) is 34.3 Å². The van der Waals surface area contributed by atoms with Crippen molar-refractivity contribution in [1.82, 2.24) is 20.5 Å². The summed E-state index contributed by atoms with van der Waals surface area (Å²) in [7, 11) is 0. The zero-order valence-electron chi connectivity index (χ0n) is 15.6. The van der Waals surface area contributed by atoms with Crippen LogP contribution in [0.2, 0.25) is 0 Å². The number of nitrogens with one attached hydrogen (secondary N) is 2. The molecule has 1 saturated carbocycles. The van der Waals surface area contributed by atoms with Crippen LogP contribution < -0.4 is 10.9 Å². The zero-order chi connectivity index (χ0) is 18.1. The van der Waals surface area contributed by atoms with E-state index >= 15 is 0 Å². The smallest absolute Gasteiger partial charge is 0.272 e. The number of unbranched alkanes of at least 4 members (excludes halogenated alkanes) is 1. The van der Waals surface area contributed by atoms with Gasteiger partial charge in [0.05, 0.1) is 0 Å². The van der Waals surface area contributed by atoms with Gasteiger partial charge in [-0.05, 0) is 38.5 Å². The summed E-state index contributed by atoms with van der Waals surface area (Å²) in [5.74, 6) is 1.34. The quantitative estimate of drug-likeness (QED) is 0.636. The molecule has 1 atom stereocenters. The van der Waals surface area contributed by atoms with Gasteiger partial charge < -0.3 is 10.3 Å². The lowest BCUT2D eigenvalue weighted by atomic mass is 9.98. The lowest BCUT2D eigenvalue weighted by Crippen LogP contribution is -2.31. The molecule has 6 heteroatoms. The molecule has 1 aromatic rings. The molecule has 0 spiro atoms. The molecule has 0 radical (unpaired) electrons. The van der Waals surface area contributed by atoms with Gasteiger partial charge in [-0.15, -0.1) is 10.2 Å². The van der Waals surface area contributed by atoms with Crippen molar-refractivity contribution in [3.8, 4) is 0 Å². The highest BCUT2D eigenvalue weighted by atomic mass is 16.2. The standard InChI is InChI=1S/C19H32N4O2/c1-3-5-9-14(4-2)18(24)20-13-8-12-16-19(25)21-17(23-22-16)15-10-6-7-11-15/h14-15H,3-13H2,1-2H3,(H,20,24)(H,21,23,25). The first-order valence-corrected chi connectivity index (χ1v) is 9.89. The van der Waals surface area contributed by atoms with Gasteiger partial charge in [0, 0.05) is 18.4 Å². The predicted molar refractivity (Wildman–Crippen MR) is 98.5 cm³/mol. The van der Waals surface area contributed by atoms with Crippen molar-refractivity contribution in [2.45, 2.75) is 84.0 Å². The number of hydrogen-bond acceptors (Lipinski definition) is 4. The Kier molecular flexibility index (Phi) is 8.09. The van der Waals surface area contributed by atoms with Crippen LogP contribution in [0.3, 0.4) is 0 Å². The van der Waals surface area contributed by atoms with Crippen LogP contribution in [-0.2, 0) is 11.2 Å². The second kappa shape index (κ2) is 10.3. The van der Waals surface area contributed by atoms with Crippen LogP contribution in [0.25, 0.3) is 0 Å². The highest BCUT2D eigenvalue weighted by Gasteiger charge is 2.20. The zero-order valence-corrected chi connectivity index (χ0v) is 15.6. The Hall–Kier alpha value is -1.72. The van der Waals surface area contributed by atoms with Crippen molar-refractivity contribution in [2.75, 3.05) is 6.54 Å². The summed E-state index contributed by atoms with van der Waals surface area (Å²) < 4.78 is 0. The van der Waals surface area contributed by atoms with E-state index in [4.69, 9.17) is 0 Å². The number of rotatable bonds is 10. The molecule has 1 fully saturated rings. The maximum Gasteiger partial charge on any atom is 0.272 e. The van der Waals surface area contributed by atoms with E-state index in [1.54, 1.807) is 0 Å². The number of aromatic amines is 1. The van der Waals surface area contributed by atoms with Crippen LogP contribution in [0.15, 0.2) is 4.79 Å². The van der Waals surface area contributed by atoms with Crippen LogP contribution in [-0.4, -0.2) is 27.6 Å². The fraction of sp³-hybridized carbons (Fsp3) is 0.789. The Morgan fingerprint density at radius 3 is 2.64 bits per heavy atom. The molecule has 1 unspecified atom stereocenters. The van der Waals surface area contributed by atoms with E-state index in [0.717, 1.165) is 44.3 Å². The number of H-pyrrole nitrogens is 1. The molecule has 25 heavy (non-hydrogen) atoms. The monoisotopic (exact) mass is 348 g/mol. The molecular weight excluding hydrogens is 316 g/mol. The van der Waals surface area contributed by atoms with E-state index in [1.807, 2.05) is 0 Å². The number of hydrogen-bond donors (Lipinski definition) is 2. The normalized spacial score (nSPS) is 16.1. The molecule has 2 N–H and O–H groups in total. The van der Waals surface area contributed by atoms with Gasteiger partial charge >= 0.3 is 0 Å². The first kappa shape index (κ1) is 19.6. The Bertz CT molecular complexity index is 593. The summed E-state index contributed by atoms with van der Waals surface area (Å²) in [6.07, 6.45) is 9.85. The summed E-state index contributed by atoms with van der Waals surface area (Å²) >= 11 is 0. The van der Waals surface area contributed by atoms with Gasteiger partial charge in [0.1, 0.15) is 11.5 Å². The molecule has 140 valence electrons. The average molecular weight is 348 g/mol. The van der Waals surface area contributed by atoms with Gasteiger partial charge in [-0.25, -0.2) is 0 Å². The van der Waals surface area contributed by atoms with E-state index in [1.165, 1.54) is 12.8 Å². The minimum Gasteiger partial charge on any atom is -0.356 e. The predicted octanol–water partition coefficient (Wildman–Crippen LogP) is 3.09. The second-order valence-corrected chi connectivity index (χ2v) is 7.11. The van der Waals surface area contributed by atoms with E-state index in [9.17, 15) is 9.59 Å². The van der Waals surface area contributed by atoms with Crippen molar-refractivity contribution in [1.29, 1.82) is 0 Å². The molecule has 1 aromatic heterocycles. The summed E-state index contributed by atoms with van der Waals surface area (Å²) in [6.45, 7) is 4.77. The van der Waals surface area contributed by atoms with Gasteiger partial charge in [0.15, 0.2) is 0 Å². The molecule has 1 amide bonds. The Labute approximate surface area is 150 Å². The third kappa shape index (κ3) is 5.94. The number of nitrogens with zero attached hydrogens (tertiary/aromatic N) is 2. The lowest BCUT2D eigenvalue weighted by molar-refractivity contribution is -0.125. The maximum atomic E-state index is 12.2. The largest absolute Gasteiger partial charge is 0.356 e. The van der Waals surface area contributed by atoms with Gasteiger partial charge in [-0.2, -0.15) is 0 Å². The molecule has 1 aliphatic rings. The topological polar surface area (TPSA) is 87.7 Å². The van der Waals surface area contributed by atoms with Crippen molar-refractivity contribution in [3.63, 3.8) is 0 Å². The fourth-order valence-electron chi connectivity index (χ4n) is 3.50. The van der Waals surface area contributed by atoms with Crippen LogP contribution in [0, 0.1) is 5.92 Å². The van der Waals surface area contributed by atoms with Crippen molar-refractivity contribution < 1.29 is 4.79 Å². The number of amides is 1. The molecule has 0 aliphatic heterocycles. The number of aromatic nitrogens is 3. The first-order valence-electron chi connectivity index (χ1n) is 9.89. The third-order valence-corrected chi connectivity index (χ3v) is 5.18. The molecule has 0 bridgehead atoms. The molecule has 1 heterocycles. The molecule has 2 rings (SSSR count). The summed E-state index contributed by atoms with van der Waals surface area (Å²) in [5.41, 5.74) is 0.339. The Morgan fingerprint density at radius 2 is 2.00 bits per heavy atom. The van der Waals surface area contributed by atoms with Crippen LogP contribution in [0.5, 0.6) is 0 Å². The number of aryl methyl sites for hydroxylation is 1. The van der Waals surface area contributed by atoms with Gasteiger partial charge in [-0.3, -0.25) is 9.59 Å². The van der Waals surface area contributed by atoms with Gasteiger partial charge in [-0.1, -0.05) is 39.5 Å². The molecule has 1 aliphatic carbocycles. The van der Waals surface area contributed by atoms with Crippen LogP contribution in [0.1, 0.15) is 89.1 Å². The minimum absolute atomic E-state index is 0.105. The average Bonchev–Trinajstić information content (AvgIpc) is 3.15. The summed E-state index contributed by atoms with van der Waals surface area (Å²) in [6, 6.07) is 0. The minimum atomic E-state index is -0.127. The maximum absolute atomic E-state index is 12.2. The van der Waals surface area contributed by atoms with Gasteiger partial charge in [0.25, 0.3) is 5.56 Å². The molecule has 0 saturated heterocycles. The van der Waals surface area contributed by atoms with Crippen molar-refractivity contribution in [3.05, 3.63) is 21.9 Å². The summed E-state index contributed by atoms with van der Waals surface area (Å²) in [5, 5.41) is 11.3. The Balaban J connectivity index is 1.76. The van der Waals surface area contributed by atoms with E-state index in [0.29, 0.717) is 31.0 Å². The fourth-order valence-corrected chi connectivity index (χ4v) is 3.50. The van der Waals surface area contributed by atoms with Crippen LogP contribution >= 0.6 is 0 Å². The molecule has 0 aromatic carbocycles.